The van der Waals surface area contributed by atoms with Crippen LogP contribution in [0.4, 0.5) is 5.88 Å². The molecule has 0 aliphatic carbocycles. The number of hydrogen-bond acceptors (Lipinski definition) is 7. The minimum absolute atomic E-state index is 0.0729. The summed E-state index contributed by atoms with van der Waals surface area (Å²) in [7, 11) is 0. The maximum atomic E-state index is 9.69. The van der Waals surface area contributed by atoms with Crippen molar-refractivity contribution >= 4 is 12.1 Å². The zero-order valence-electron chi connectivity index (χ0n) is 14.6. The maximum Gasteiger partial charge on any atom is 0.252 e. The van der Waals surface area contributed by atoms with Gasteiger partial charge in [0.1, 0.15) is 6.07 Å². The molecule has 0 atom stereocenters. The van der Waals surface area contributed by atoms with Crippen LogP contribution >= 0.6 is 0 Å². The molecule has 2 N–H and O–H groups in total. The summed E-state index contributed by atoms with van der Waals surface area (Å²) in [5.41, 5.74) is 3.63. The Balaban J connectivity index is 2.14. The molecule has 0 radical (unpaired) electrons. The Morgan fingerprint density at radius 2 is 2.16 bits per heavy atom. The molecule has 7 heteroatoms. The molecule has 25 heavy (non-hydrogen) atoms. The van der Waals surface area contributed by atoms with Gasteiger partial charge in [-0.15, -0.1) is 0 Å². The predicted octanol–water partition coefficient (Wildman–Crippen LogP) is 4.00. The lowest BCUT2D eigenvalue weighted by Crippen LogP contribution is -1.95. The number of rotatable bonds is 8. The van der Waals surface area contributed by atoms with Crippen LogP contribution in [-0.2, 0) is 0 Å². The van der Waals surface area contributed by atoms with Crippen molar-refractivity contribution in [1.82, 2.24) is 4.98 Å². The average Bonchev–Trinajstić information content (AvgIpc) is 3.02. The van der Waals surface area contributed by atoms with E-state index in [0.717, 1.165) is 18.4 Å². The number of phenolic OH excluding ortho intramolecular Hbond substituents is 1. The number of nitriles is 1. The zero-order valence-corrected chi connectivity index (χ0v) is 14.6. The van der Waals surface area contributed by atoms with Gasteiger partial charge in [0.25, 0.3) is 5.88 Å². The summed E-state index contributed by atoms with van der Waals surface area (Å²) in [4.78, 5) is 4.23. The number of ether oxygens (including phenoxy) is 1. The molecule has 2 rings (SSSR count). The predicted molar refractivity (Wildman–Crippen MR) is 95.0 cm³/mol. The Kier molecular flexibility index (Phi) is 6.40. The van der Waals surface area contributed by atoms with Crippen molar-refractivity contribution in [2.24, 2.45) is 5.10 Å². The van der Waals surface area contributed by atoms with E-state index in [0.29, 0.717) is 18.2 Å². The monoisotopic (exact) mass is 342 g/mol. The largest absolute Gasteiger partial charge is 0.504 e. The van der Waals surface area contributed by atoms with Crippen molar-refractivity contribution in [2.75, 3.05) is 12.0 Å². The van der Waals surface area contributed by atoms with Crippen LogP contribution in [0.5, 0.6) is 11.5 Å². The molecule has 0 fully saturated rings. The van der Waals surface area contributed by atoms with Gasteiger partial charge in [0.05, 0.1) is 12.8 Å². The van der Waals surface area contributed by atoms with Crippen LogP contribution in [0.3, 0.4) is 0 Å². The molecular weight excluding hydrogens is 320 g/mol. The summed E-state index contributed by atoms with van der Waals surface area (Å²) >= 11 is 0. The molecule has 1 aromatic carbocycles. The maximum absolute atomic E-state index is 9.69. The SMILES string of the molecule is CCOc1cc(C=NNc2oc(C(CC)CC)nc2C#N)ccc1O. The Bertz CT molecular complexity index is 773. The summed E-state index contributed by atoms with van der Waals surface area (Å²) in [5, 5.41) is 23.0. The van der Waals surface area contributed by atoms with E-state index in [2.05, 4.69) is 29.4 Å². The van der Waals surface area contributed by atoms with Crippen LogP contribution in [-0.4, -0.2) is 22.9 Å². The summed E-state index contributed by atoms with van der Waals surface area (Å²) < 4.78 is 11.0. The molecule has 132 valence electrons. The third-order valence-corrected chi connectivity index (χ3v) is 3.75. The number of anilines is 1. The first kappa shape index (κ1) is 18.3. The Morgan fingerprint density at radius 3 is 2.80 bits per heavy atom. The van der Waals surface area contributed by atoms with Gasteiger partial charge < -0.3 is 14.3 Å². The van der Waals surface area contributed by atoms with Crippen LogP contribution in [0.25, 0.3) is 0 Å². The quantitative estimate of drug-likeness (QED) is 0.555. The highest BCUT2D eigenvalue weighted by atomic mass is 16.5. The van der Waals surface area contributed by atoms with Crippen molar-refractivity contribution in [2.45, 2.75) is 39.5 Å². The molecule has 0 aliphatic heterocycles. The van der Waals surface area contributed by atoms with E-state index in [4.69, 9.17) is 9.15 Å². The van der Waals surface area contributed by atoms with E-state index in [1.165, 1.54) is 6.07 Å². The first-order chi connectivity index (χ1) is 12.1. The van der Waals surface area contributed by atoms with Crippen LogP contribution in [0.15, 0.2) is 27.7 Å². The van der Waals surface area contributed by atoms with Crippen LogP contribution in [0, 0.1) is 11.3 Å². The second kappa shape index (κ2) is 8.73. The second-order valence-corrected chi connectivity index (χ2v) is 5.39. The van der Waals surface area contributed by atoms with E-state index in [9.17, 15) is 10.4 Å². The van der Waals surface area contributed by atoms with Gasteiger partial charge in [0, 0.05) is 5.92 Å². The summed E-state index contributed by atoms with van der Waals surface area (Å²) in [5.74, 6) is 1.41. The standard InChI is InChI=1S/C18H22N4O3/c1-4-13(5-2)17-21-14(10-19)18(25-17)22-20-11-12-7-8-15(23)16(9-12)24-6-3/h7-9,11,13,22-23H,4-6H2,1-3H3. The second-order valence-electron chi connectivity index (χ2n) is 5.39. The first-order valence-corrected chi connectivity index (χ1v) is 8.28. The summed E-state index contributed by atoms with van der Waals surface area (Å²) in [6.07, 6.45) is 3.32. The molecule has 0 bridgehead atoms. The number of hydrogen-bond donors (Lipinski definition) is 2. The van der Waals surface area contributed by atoms with E-state index in [-0.39, 0.29) is 23.2 Å². The van der Waals surface area contributed by atoms with Gasteiger partial charge >= 0.3 is 0 Å². The molecule has 0 saturated heterocycles. The number of aromatic nitrogens is 1. The van der Waals surface area contributed by atoms with Gasteiger partial charge in [-0.25, -0.2) is 10.4 Å². The van der Waals surface area contributed by atoms with E-state index in [1.54, 1.807) is 18.3 Å². The molecular formula is C18H22N4O3. The van der Waals surface area contributed by atoms with E-state index in [1.807, 2.05) is 13.0 Å². The average molecular weight is 342 g/mol. The Labute approximate surface area is 147 Å². The third kappa shape index (κ3) is 4.51. The number of benzene rings is 1. The first-order valence-electron chi connectivity index (χ1n) is 8.28. The molecule has 1 aromatic heterocycles. The van der Waals surface area contributed by atoms with Crippen molar-refractivity contribution in [3.05, 3.63) is 35.3 Å². The fourth-order valence-corrected chi connectivity index (χ4v) is 2.35. The highest BCUT2D eigenvalue weighted by molar-refractivity contribution is 5.81. The minimum Gasteiger partial charge on any atom is -0.504 e. The van der Waals surface area contributed by atoms with Gasteiger partial charge in [-0.3, -0.25) is 0 Å². The fraction of sp³-hybridized carbons (Fsp3) is 0.389. The number of nitrogens with zero attached hydrogens (tertiary/aromatic N) is 3. The smallest absolute Gasteiger partial charge is 0.252 e. The molecule has 1 heterocycles. The zero-order chi connectivity index (χ0) is 18.2. The number of aromatic hydroxyl groups is 1. The van der Waals surface area contributed by atoms with Crippen LogP contribution < -0.4 is 10.2 Å². The summed E-state index contributed by atoms with van der Waals surface area (Å²) in [6, 6.07) is 6.91. The molecule has 0 unspecified atom stereocenters. The van der Waals surface area contributed by atoms with E-state index >= 15 is 0 Å². The van der Waals surface area contributed by atoms with Crippen molar-refractivity contribution in [1.29, 1.82) is 5.26 Å². The Morgan fingerprint density at radius 1 is 1.40 bits per heavy atom. The van der Waals surface area contributed by atoms with Gasteiger partial charge in [-0.2, -0.15) is 10.4 Å². The fourth-order valence-electron chi connectivity index (χ4n) is 2.35. The lowest BCUT2D eigenvalue weighted by atomic mass is 10.0. The van der Waals surface area contributed by atoms with Crippen LogP contribution in [0.1, 0.15) is 56.7 Å². The highest BCUT2D eigenvalue weighted by Gasteiger charge is 2.18. The molecule has 7 nitrogen and oxygen atoms in total. The molecule has 0 amide bonds. The molecule has 2 aromatic rings. The van der Waals surface area contributed by atoms with Crippen molar-refractivity contribution in [3.63, 3.8) is 0 Å². The lowest BCUT2D eigenvalue weighted by molar-refractivity contribution is 0.318. The van der Waals surface area contributed by atoms with Gasteiger partial charge in [-0.1, -0.05) is 13.8 Å². The number of hydrazone groups is 1. The minimum atomic E-state index is 0.0729. The topological polar surface area (TPSA) is 104 Å². The number of oxazole rings is 1. The highest BCUT2D eigenvalue weighted by Crippen LogP contribution is 2.28. The van der Waals surface area contributed by atoms with Crippen molar-refractivity contribution in [3.8, 4) is 17.6 Å². The van der Waals surface area contributed by atoms with Crippen molar-refractivity contribution < 1.29 is 14.3 Å². The van der Waals surface area contributed by atoms with Gasteiger partial charge in [0.15, 0.2) is 11.5 Å². The van der Waals surface area contributed by atoms with Gasteiger partial charge in [0.2, 0.25) is 11.6 Å². The third-order valence-electron chi connectivity index (χ3n) is 3.75. The molecule has 0 aliphatic rings. The van der Waals surface area contributed by atoms with Gasteiger partial charge in [-0.05, 0) is 43.5 Å². The molecule has 0 spiro atoms. The number of phenols is 1. The van der Waals surface area contributed by atoms with E-state index < -0.39 is 0 Å². The van der Waals surface area contributed by atoms with Crippen LogP contribution in [0.2, 0.25) is 0 Å². The molecule has 0 saturated carbocycles. The normalized spacial score (nSPS) is 11.0. The Hall–Kier alpha value is -3.01. The lowest BCUT2D eigenvalue weighted by Gasteiger charge is -2.06. The number of nitrogens with one attached hydrogen (secondary N) is 1. The summed E-state index contributed by atoms with van der Waals surface area (Å²) in [6.45, 7) is 6.40.